The number of fused-ring (bicyclic) bond motifs is 1. The Morgan fingerprint density at radius 2 is 1.92 bits per heavy atom. The Kier molecular flexibility index (Phi) is 7.37. The van der Waals surface area contributed by atoms with Crippen molar-refractivity contribution in [2.75, 3.05) is 44.8 Å². The molecule has 39 heavy (non-hydrogen) atoms. The summed E-state index contributed by atoms with van der Waals surface area (Å²) in [5.74, 6) is -0.536. The summed E-state index contributed by atoms with van der Waals surface area (Å²) in [6.45, 7) is 4.46. The normalized spacial score (nSPS) is 19.2. The molecule has 0 spiro atoms. The van der Waals surface area contributed by atoms with E-state index in [2.05, 4.69) is 15.2 Å². The van der Waals surface area contributed by atoms with Crippen LogP contribution in [0.5, 0.6) is 0 Å². The highest BCUT2D eigenvalue weighted by molar-refractivity contribution is 7.88. The van der Waals surface area contributed by atoms with Crippen LogP contribution in [-0.2, 0) is 14.8 Å². The standard InChI is InChI=1S/C29H35N5O4S/c1-18-21(7-4-8-25(18)32-29(36)20-6-5-13-33(2)17-20)22-9-10-23(28(30)35)27-24(22)16-26(31-27)19-11-14-34(15-12-19)39(3,37)38/h4,7-11,16,20,31H,5-6,12-15,17H2,1-3H3,(H2,30,35)(H,32,36). The van der Waals surface area contributed by atoms with E-state index in [4.69, 9.17) is 5.73 Å². The maximum absolute atomic E-state index is 13.1. The Balaban J connectivity index is 1.52. The minimum absolute atomic E-state index is 0.0346. The van der Waals surface area contributed by atoms with Gasteiger partial charge in [-0.25, -0.2) is 8.42 Å². The zero-order chi connectivity index (χ0) is 27.9. The molecule has 1 saturated heterocycles. The number of piperidine rings is 1. The third-order valence-corrected chi connectivity index (χ3v) is 9.19. The molecule has 206 valence electrons. The van der Waals surface area contributed by atoms with Crippen molar-refractivity contribution in [3.63, 3.8) is 0 Å². The van der Waals surface area contributed by atoms with Crippen molar-refractivity contribution < 1.29 is 18.0 Å². The highest BCUT2D eigenvalue weighted by Gasteiger charge is 2.25. The predicted molar refractivity (Wildman–Crippen MR) is 155 cm³/mol. The van der Waals surface area contributed by atoms with Crippen LogP contribution in [0.4, 0.5) is 5.69 Å². The molecular weight excluding hydrogens is 514 g/mol. The third-order valence-electron chi connectivity index (χ3n) is 7.92. The second-order valence-corrected chi connectivity index (χ2v) is 12.6. The fourth-order valence-corrected chi connectivity index (χ4v) is 6.48. The quantitative estimate of drug-likeness (QED) is 0.433. The molecule has 0 saturated carbocycles. The van der Waals surface area contributed by atoms with E-state index in [0.29, 0.717) is 30.6 Å². The minimum Gasteiger partial charge on any atom is -0.366 e. The van der Waals surface area contributed by atoms with Crippen molar-refractivity contribution in [1.82, 2.24) is 14.2 Å². The van der Waals surface area contributed by atoms with Gasteiger partial charge in [-0.2, -0.15) is 4.31 Å². The van der Waals surface area contributed by atoms with Gasteiger partial charge in [-0.15, -0.1) is 0 Å². The minimum atomic E-state index is -3.26. The number of nitrogens with two attached hydrogens (primary N) is 1. The number of nitrogens with zero attached hydrogens (tertiary/aromatic N) is 2. The van der Waals surface area contributed by atoms with E-state index >= 15 is 0 Å². The molecule has 2 aliphatic heterocycles. The van der Waals surface area contributed by atoms with E-state index in [-0.39, 0.29) is 11.8 Å². The first-order valence-corrected chi connectivity index (χ1v) is 15.1. The van der Waals surface area contributed by atoms with Gasteiger partial charge in [-0.3, -0.25) is 9.59 Å². The summed E-state index contributed by atoms with van der Waals surface area (Å²) in [4.78, 5) is 30.9. The van der Waals surface area contributed by atoms with Crippen LogP contribution in [0.3, 0.4) is 0 Å². The molecule has 0 aliphatic carbocycles. The molecule has 9 nitrogen and oxygen atoms in total. The number of likely N-dealkylation sites (tertiary alicyclic amines) is 1. The second-order valence-electron chi connectivity index (χ2n) is 10.7. The molecule has 4 N–H and O–H groups in total. The predicted octanol–water partition coefficient (Wildman–Crippen LogP) is 3.57. The number of aromatic nitrogens is 1. The number of nitrogens with one attached hydrogen (secondary N) is 2. The number of benzene rings is 2. The van der Waals surface area contributed by atoms with Crippen molar-refractivity contribution in [2.24, 2.45) is 11.7 Å². The number of hydrogen-bond acceptors (Lipinski definition) is 5. The zero-order valence-electron chi connectivity index (χ0n) is 22.6. The monoisotopic (exact) mass is 549 g/mol. The largest absolute Gasteiger partial charge is 0.366 e. The Labute approximate surface area is 229 Å². The van der Waals surface area contributed by atoms with Gasteiger partial charge in [-0.1, -0.05) is 24.3 Å². The number of aromatic amines is 1. The zero-order valence-corrected chi connectivity index (χ0v) is 23.4. The van der Waals surface area contributed by atoms with E-state index < -0.39 is 15.9 Å². The topological polar surface area (TPSA) is 129 Å². The number of H-pyrrole nitrogens is 1. The third kappa shape index (κ3) is 5.50. The number of hydrogen-bond donors (Lipinski definition) is 3. The van der Waals surface area contributed by atoms with Gasteiger partial charge in [0.1, 0.15) is 0 Å². The van der Waals surface area contributed by atoms with Gasteiger partial charge in [-0.05, 0) is 80.2 Å². The summed E-state index contributed by atoms with van der Waals surface area (Å²) < 4.78 is 25.3. The Morgan fingerprint density at radius 3 is 2.59 bits per heavy atom. The maximum Gasteiger partial charge on any atom is 0.250 e. The maximum atomic E-state index is 13.1. The number of carbonyl (C=O) groups is 2. The number of amides is 2. The molecule has 3 heterocycles. The Hall–Kier alpha value is -3.47. The lowest BCUT2D eigenvalue weighted by Crippen LogP contribution is -2.38. The number of sulfonamides is 1. The van der Waals surface area contributed by atoms with Crippen LogP contribution in [0.2, 0.25) is 0 Å². The molecular formula is C29H35N5O4S. The van der Waals surface area contributed by atoms with Gasteiger partial charge >= 0.3 is 0 Å². The fraction of sp³-hybridized carbons (Fsp3) is 0.379. The first kappa shape index (κ1) is 27.1. The van der Waals surface area contributed by atoms with Crippen LogP contribution in [0.15, 0.2) is 42.5 Å². The smallest absolute Gasteiger partial charge is 0.250 e. The SMILES string of the molecule is Cc1c(NC(=O)C2CCCN(C)C2)cccc1-c1ccc(C(N)=O)c2[nH]c(C3=CCN(S(C)(=O)=O)CC3)cc12. The summed E-state index contributed by atoms with van der Waals surface area (Å²) >= 11 is 0. The number of carbonyl (C=O) groups excluding carboxylic acids is 2. The van der Waals surface area contributed by atoms with Gasteiger partial charge < -0.3 is 20.9 Å². The van der Waals surface area contributed by atoms with E-state index in [1.807, 2.05) is 50.4 Å². The highest BCUT2D eigenvalue weighted by atomic mass is 32.2. The summed E-state index contributed by atoms with van der Waals surface area (Å²) in [6, 6.07) is 11.5. The average Bonchev–Trinajstić information content (AvgIpc) is 3.34. The van der Waals surface area contributed by atoms with Crippen molar-refractivity contribution in [3.8, 4) is 11.1 Å². The van der Waals surface area contributed by atoms with Crippen LogP contribution >= 0.6 is 0 Å². The van der Waals surface area contributed by atoms with Crippen LogP contribution in [-0.4, -0.2) is 73.9 Å². The molecule has 10 heteroatoms. The molecule has 2 aromatic carbocycles. The van der Waals surface area contributed by atoms with Crippen molar-refractivity contribution in [1.29, 1.82) is 0 Å². The molecule has 0 bridgehead atoms. The van der Waals surface area contributed by atoms with Gasteiger partial charge in [0.05, 0.1) is 23.3 Å². The van der Waals surface area contributed by atoms with E-state index in [1.165, 1.54) is 10.6 Å². The molecule has 1 atom stereocenters. The fourth-order valence-electron chi connectivity index (χ4n) is 5.71. The van der Waals surface area contributed by atoms with Crippen molar-refractivity contribution in [3.05, 3.63) is 59.3 Å². The average molecular weight is 550 g/mol. The van der Waals surface area contributed by atoms with Crippen LogP contribution < -0.4 is 11.1 Å². The highest BCUT2D eigenvalue weighted by Crippen LogP contribution is 2.37. The van der Waals surface area contributed by atoms with Gasteiger partial charge in [0.25, 0.3) is 5.91 Å². The lowest BCUT2D eigenvalue weighted by atomic mass is 9.93. The summed E-state index contributed by atoms with van der Waals surface area (Å²) in [5, 5.41) is 3.99. The molecule has 2 amide bonds. The van der Waals surface area contributed by atoms with Crippen LogP contribution in [0.1, 0.15) is 40.9 Å². The van der Waals surface area contributed by atoms with Gasteiger partial charge in [0.15, 0.2) is 0 Å². The van der Waals surface area contributed by atoms with E-state index in [0.717, 1.165) is 65.0 Å². The van der Waals surface area contributed by atoms with Crippen LogP contribution in [0, 0.1) is 12.8 Å². The molecule has 1 fully saturated rings. The van der Waals surface area contributed by atoms with E-state index in [1.54, 1.807) is 6.07 Å². The Morgan fingerprint density at radius 1 is 1.13 bits per heavy atom. The first-order chi connectivity index (χ1) is 18.5. The van der Waals surface area contributed by atoms with Crippen molar-refractivity contribution >= 4 is 44.0 Å². The molecule has 1 aromatic heterocycles. The lowest BCUT2D eigenvalue weighted by Gasteiger charge is -2.29. The molecule has 3 aromatic rings. The molecule has 2 aliphatic rings. The summed E-state index contributed by atoms with van der Waals surface area (Å²) in [6.07, 6.45) is 5.57. The van der Waals surface area contributed by atoms with Crippen LogP contribution in [0.25, 0.3) is 27.6 Å². The summed E-state index contributed by atoms with van der Waals surface area (Å²) in [5.41, 5.74) is 12.1. The number of primary amides is 1. The van der Waals surface area contributed by atoms with E-state index in [9.17, 15) is 18.0 Å². The van der Waals surface area contributed by atoms with Gasteiger partial charge in [0, 0.05) is 36.4 Å². The lowest BCUT2D eigenvalue weighted by molar-refractivity contribution is -0.121. The Bertz CT molecular complexity index is 1590. The first-order valence-electron chi connectivity index (χ1n) is 13.2. The second kappa shape index (κ2) is 10.6. The molecule has 1 unspecified atom stereocenters. The molecule has 0 radical (unpaired) electrons. The summed E-state index contributed by atoms with van der Waals surface area (Å²) in [7, 11) is -1.22. The van der Waals surface area contributed by atoms with Crippen molar-refractivity contribution in [2.45, 2.75) is 26.2 Å². The van der Waals surface area contributed by atoms with Gasteiger partial charge in [0.2, 0.25) is 15.9 Å². The molecule has 5 rings (SSSR count). The number of anilines is 1. The number of rotatable bonds is 6.